The van der Waals surface area contributed by atoms with Crippen LogP contribution in [0.15, 0.2) is 0 Å². The van der Waals surface area contributed by atoms with Gasteiger partial charge in [0.1, 0.15) is 0 Å². The third kappa shape index (κ3) is 0.455. The summed E-state index contributed by atoms with van der Waals surface area (Å²) in [5.74, 6) is 1.81. The zero-order valence-corrected chi connectivity index (χ0v) is 5.26. The SMILES string of the molecule is C[C@H]1C[C@H]2CCO[C@H]21. The average molecular weight is 112 g/mol. The van der Waals surface area contributed by atoms with E-state index in [1.165, 1.54) is 12.8 Å². The van der Waals surface area contributed by atoms with Gasteiger partial charge in [-0.1, -0.05) is 6.92 Å². The largest absolute Gasteiger partial charge is 0.378 e. The molecule has 8 heavy (non-hydrogen) atoms. The Bertz CT molecular complexity index is 101. The summed E-state index contributed by atoms with van der Waals surface area (Å²) in [5, 5.41) is 0. The fraction of sp³-hybridized carbons (Fsp3) is 1.00. The van der Waals surface area contributed by atoms with E-state index >= 15 is 0 Å². The molecule has 1 aliphatic carbocycles. The summed E-state index contributed by atoms with van der Waals surface area (Å²) >= 11 is 0. The van der Waals surface area contributed by atoms with E-state index in [1.807, 2.05) is 0 Å². The first-order chi connectivity index (χ1) is 3.88. The van der Waals surface area contributed by atoms with Gasteiger partial charge in [-0.05, 0) is 24.7 Å². The van der Waals surface area contributed by atoms with E-state index in [9.17, 15) is 0 Å². The molecule has 1 saturated heterocycles. The first-order valence-electron chi connectivity index (χ1n) is 3.49. The van der Waals surface area contributed by atoms with Gasteiger partial charge < -0.3 is 4.74 Å². The highest BCUT2D eigenvalue weighted by Gasteiger charge is 2.42. The molecular formula is C7H12O. The van der Waals surface area contributed by atoms with Crippen LogP contribution in [0.1, 0.15) is 19.8 Å². The van der Waals surface area contributed by atoms with Crippen LogP contribution in [-0.2, 0) is 4.74 Å². The van der Waals surface area contributed by atoms with Gasteiger partial charge in [0.2, 0.25) is 0 Å². The summed E-state index contributed by atoms with van der Waals surface area (Å²) in [7, 11) is 0. The maximum absolute atomic E-state index is 5.46. The Balaban J connectivity index is 2.02. The van der Waals surface area contributed by atoms with Crippen LogP contribution in [0.5, 0.6) is 0 Å². The lowest BCUT2D eigenvalue weighted by molar-refractivity contribution is -0.0170. The van der Waals surface area contributed by atoms with Crippen molar-refractivity contribution < 1.29 is 4.74 Å². The van der Waals surface area contributed by atoms with Crippen LogP contribution in [-0.4, -0.2) is 12.7 Å². The standard InChI is InChI=1S/C7H12O/c1-5-4-6-2-3-8-7(5)6/h5-7H,2-4H2,1H3/t5-,6+,7-/m0/s1. The fourth-order valence-corrected chi connectivity index (χ4v) is 1.95. The van der Waals surface area contributed by atoms with Crippen LogP contribution in [0, 0.1) is 11.8 Å². The molecule has 1 saturated carbocycles. The van der Waals surface area contributed by atoms with Crippen molar-refractivity contribution in [2.45, 2.75) is 25.9 Å². The Kier molecular flexibility index (Phi) is 0.884. The van der Waals surface area contributed by atoms with Crippen LogP contribution in [0.25, 0.3) is 0 Å². The predicted octanol–water partition coefficient (Wildman–Crippen LogP) is 1.43. The third-order valence-corrected chi connectivity index (χ3v) is 2.50. The topological polar surface area (TPSA) is 9.23 Å². The number of hydrogen-bond donors (Lipinski definition) is 0. The lowest BCUT2D eigenvalue weighted by Crippen LogP contribution is -2.36. The van der Waals surface area contributed by atoms with Crippen LogP contribution in [0.2, 0.25) is 0 Å². The summed E-state index contributed by atoms with van der Waals surface area (Å²) in [6, 6.07) is 0. The molecule has 3 atom stereocenters. The Hall–Kier alpha value is -0.0400. The molecule has 0 aromatic carbocycles. The van der Waals surface area contributed by atoms with Crippen molar-refractivity contribution in [2.24, 2.45) is 11.8 Å². The maximum atomic E-state index is 5.46. The lowest BCUT2D eigenvalue weighted by atomic mass is 9.73. The molecule has 0 bridgehead atoms. The summed E-state index contributed by atoms with van der Waals surface area (Å²) in [4.78, 5) is 0. The van der Waals surface area contributed by atoms with Gasteiger partial charge in [0.25, 0.3) is 0 Å². The molecule has 0 aromatic heterocycles. The van der Waals surface area contributed by atoms with E-state index in [0.29, 0.717) is 6.10 Å². The second-order valence-electron chi connectivity index (χ2n) is 3.10. The lowest BCUT2D eigenvalue weighted by Gasteiger charge is -2.36. The third-order valence-electron chi connectivity index (χ3n) is 2.50. The molecule has 1 heteroatoms. The van der Waals surface area contributed by atoms with Crippen LogP contribution < -0.4 is 0 Å². The Morgan fingerprint density at radius 2 is 2.38 bits per heavy atom. The molecule has 2 aliphatic rings. The van der Waals surface area contributed by atoms with E-state index in [1.54, 1.807) is 0 Å². The van der Waals surface area contributed by atoms with Crippen LogP contribution in [0.3, 0.4) is 0 Å². The van der Waals surface area contributed by atoms with Gasteiger partial charge in [-0.15, -0.1) is 0 Å². The molecule has 0 unspecified atom stereocenters. The van der Waals surface area contributed by atoms with Crippen molar-refractivity contribution >= 4 is 0 Å². The first-order valence-corrected chi connectivity index (χ1v) is 3.49. The highest BCUT2D eigenvalue weighted by atomic mass is 16.5. The molecule has 0 spiro atoms. The number of rotatable bonds is 0. The molecule has 0 amide bonds. The number of fused-ring (bicyclic) bond motifs is 1. The van der Waals surface area contributed by atoms with Gasteiger partial charge in [0.05, 0.1) is 6.10 Å². The minimum Gasteiger partial charge on any atom is -0.378 e. The Morgan fingerprint density at radius 3 is 2.88 bits per heavy atom. The molecule has 0 aromatic rings. The molecule has 1 heterocycles. The second kappa shape index (κ2) is 1.47. The normalized spacial score (nSPS) is 52.9. The van der Waals surface area contributed by atoms with Gasteiger partial charge in [-0.3, -0.25) is 0 Å². The van der Waals surface area contributed by atoms with Gasteiger partial charge >= 0.3 is 0 Å². The highest BCUT2D eigenvalue weighted by Crippen LogP contribution is 2.42. The van der Waals surface area contributed by atoms with Crippen molar-refractivity contribution in [3.8, 4) is 0 Å². The average Bonchev–Trinajstić information content (AvgIpc) is 2.09. The minimum absolute atomic E-state index is 0.662. The fourth-order valence-electron chi connectivity index (χ4n) is 1.95. The zero-order valence-electron chi connectivity index (χ0n) is 5.26. The van der Waals surface area contributed by atoms with Crippen molar-refractivity contribution in [1.82, 2.24) is 0 Å². The van der Waals surface area contributed by atoms with Crippen molar-refractivity contribution in [3.63, 3.8) is 0 Å². The molecule has 46 valence electrons. The quantitative estimate of drug-likeness (QED) is 0.460. The molecule has 0 radical (unpaired) electrons. The van der Waals surface area contributed by atoms with Crippen LogP contribution in [0.4, 0.5) is 0 Å². The van der Waals surface area contributed by atoms with E-state index in [2.05, 4.69) is 6.92 Å². The monoisotopic (exact) mass is 112 g/mol. The molecule has 1 nitrogen and oxygen atoms in total. The first kappa shape index (κ1) is 4.80. The van der Waals surface area contributed by atoms with Gasteiger partial charge in [0, 0.05) is 6.61 Å². The molecular weight excluding hydrogens is 100 g/mol. The molecule has 2 rings (SSSR count). The van der Waals surface area contributed by atoms with Crippen LogP contribution >= 0.6 is 0 Å². The van der Waals surface area contributed by atoms with Gasteiger partial charge in [-0.2, -0.15) is 0 Å². The summed E-state index contributed by atoms with van der Waals surface area (Å²) in [6.45, 7) is 3.31. The zero-order chi connectivity index (χ0) is 5.56. The highest BCUT2D eigenvalue weighted by molar-refractivity contribution is 4.91. The van der Waals surface area contributed by atoms with E-state index in [4.69, 9.17) is 4.74 Å². The minimum atomic E-state index is 0.662. The van der Waals surface area contributed by atoms with Crippen molar-refractivity contribution in [1.29, 1.82) is 0 Å². The summed E-state index contributed by atoms with van der Waals surface area (Å²) in [6.07, 6.45) is 3.41. The molecule has 2 fully saturated rings. The molecule has 0 N–H and O–H groups in total. The summed E-state index contributed by atoms with van der Waals surface area (Å²) < 4.78 is 5.46. The number of ether oxygens (including phenoxy) is 1. The number of hydrogen-bond acceptors (Lipinski definition) is 1. The van der Waals surface area contributed by atoms with Gasteiger partial charge in [0.15, 0.2) is 0 Å². The van der Waals surface area contributed by atoms with E-state index in [0.717, 1.165) is 18.4 Å². The van der Waals surface area contributed by atoms with Crippen molar-refractivity contribution in [3.05, 3.63) is 0 Å². The maximum Gasteiger partial charge on any atom is 0.0629 e. The molecule has 1 aliphatic heterocycles. The second-order valence-corrected chi connectivity index (χ2v) is 3.10. The van der Waals surface area contributed by atoms with Gasteiger partial charge in [-0.25, -0.2) is 0 Å². The smallest absolute Gasteiger partial charge is 0.0629 e. The Morgan fingerprint density at radius 1 is 1.50 bits per heavy atom. The Labute approximate surface area is 50.0 Å². The predicted molar refractivity (Wildman–Crippen MR) is 31.6 cm³/mol. The van der Waals surface area contributed by atoms with Crippen molar-refractivity contribution in [2.75, 3.05) is 6.61 Å². The van der Waals surface area contributed by atoms with E-state index in [-0.39, 0.29) is 0 Å². The summed E-state index contributed by atoms with van der Waals surface area (Å²) in [5.41, 5.74) is 0. The van der Waals surface area contributed by atoms with E-state index < -0.39 is 0 Å².